The molecule has 40 heavy (non-hydrogen) atoms. The third-order valence-electron chi connectivity index (χ3n) is 9.61. The number of hydrogen-bond acceptors (Lipinski definition) is 2. The Morgan fingerprint density at radius 2 is 0.875 bits per heavy atom. The highest BCUT2D eigenvalue weighted by atomic mass is 16.3. The fourth-order valence-electron chi connectivity index (χ4n) is 7.21. The molecule has 2 atom stereocenters. The average Bonchev–Trinajstić information content (AvgIpc) is 2.97. The van der Waals surface area contributed by atoms with Gasteiger partial charge in [0.05, 0.1) is 0 Å². The number of benzene rings is 2. The molecule has 0 aliphatic heterocycles. The summed E-state index contributed by atoms with van der Waals surface area (Å²) in [5.74, 6) is 17.7. The van der Waals surface area contributed by atoms with Gasteiger partial charge in [-0.15, -0.1) is 0 Å². The zero-order valence-electron chi connectivity index (χ0n) is 24.9. The quantitative estimate of drug-likeness (QED) is 0.295. The van der Waals surface area contributed by atoms with E-state index in [1.807, 2.05) is 24.3 Å². The summed E-state index contributed by atoms with van der Waals surface area (Å²) in [6, 6.07) is 15.2. The van der Waals surface area contributed by atoms with Crippen LogP contribution in [0.3, 0.4) is 0 Å². The minimum atomic E-state index is 0.142. The molecular formula is C38H50O2. The SMILES string of the molecule is CCCC1CCC(CC(C#CC#CC(CC2CCC(CCC)CC2)c2ccc(O)cc2)c2ccc(O)cc2)CC1. The van der Waals surface area contributed by atoms with E-state index in [0.29, 0.717) is 23.3 Å². The van der Waals surface area contributed by atoms with Crippen molar-refractivity contribution < 1.29 is 10.2 Å². The van der Waals surface area contributed by atoms with Crippen LogP contribution in [0.25, 0.3) is 0 Å². The van der Waals surface area contributed by atoms with E-state index in [0.717, 1.165) is 24.7 Å². The Hall–Kier alpha value is -2.84. The molecule has 4 rings (SSSR count). The van der Waals surface area contributed by atoms with Gasteiger partial charge in [-0.3, -0.25) is 0 Å². The molecule has 0 heterocycles. The van der Waals surface area contributed by atoms with Gasteiger partial charge in [0.1, 0.15) is 11.5 Å². The number of aromatic hydroxyl groups is 2. The van der Waals surface area contributed by atoms with Crippen LogP contribution in [0.4, 0.5) is 0 Å². The van der Waals surface area contributed by atoms with Gasteiger partial charge in [-0.05, 0) is 83.7 Å². The molecule has 0 saturated heterocycles. The second-order valence-electron chi connectivity index (χ2n) is 12.6. The normalized spacial score (nSPS) is 24.1. The summed E-state index contributed by atoms with van der Waals surface area (Å²) >= 11 is 0. The Morgan fingerprint density at radius 3 is 1.20 bits per heavy atom. The maximum Gasteiger partial charge on any atom is 0.115 e. The van der Waals surface area contributed by atoms with Crippen LogP contribution in [0.2, 0.25) is 0 Å². The Morgan fingerprint density at radius 1 is 0.550 bits per heavy atom. The van der Waals surface area contributed by atoms with Crippen LogP contribution in [-0.2, 0) is 0 Å². The molecule has 2 saturated carbocycles. The fourth-order valence-corrected chi connectivity index (χ4v) is 7.21. The van der Waals surface area contributed by atoms with E-state index < -0.39 is 0 Å². The molecule has 2 unspecified atom stereocenters. The highest BCUT2D eigenvalue weighted by Crippen LogP contribution is 2.38. The van der Waals surface area contributed by atoms with Crippen molar-refractivity contribution in [3.63, 3.8) is 0 Å². The van der Waals surface area contributed by atoms with Gasteiger partial charge in [0.25, 0.3) is 0 Å². The van der Waals surface area contributed by atoms with Gasteiger partial charge in [0.15, 0.2) is 0 Å². The lowest BCUT2D eigenvalue weighted by Gasteiger charge is -2.30. The van der Waals surface area contributed by atoms with Crippen molar-refractivity contribution in [2.75, 3.05) is 0 Å². The first-order valence-corrected chi connectivity index (χ1v) is 16.1. The summed E-state index contributed by atoms with van der Waals surface area (Å²) < 4.78 is 0. The van der Waals surface area contributed by atoms with E-state index in [-0.39, 0.29) is 11.8 Å². The van der Waals surface area contributed by atoms with E-state index in [1.165, 1.54) is 88.2 Å². The maximum atomic E-state index is 9.84. The third kappa shape index (κ3) is 9.37. The maximum absolute atomic E-state index is 9.84. The summed E-state index contributed by atoms with van der Waals surface area (Å²) in [7, 11) is 0. The van der Waals surface area contributed by atoms with Crippen molar-refractivity contribution in [2.24, 2.45) is 23.7 Å². The molecular weight excluding hydrogens is 488 g/mol. The molecule has 0 bridgehead atoms. The molecule has 214 valence electrons. The molecule has 2 aromatic rings. The van der Waals surface area contributed by atoms with Crippen LogP contribution in [0.5, 0.6) is 11.5 Å². The largest absolute Gasteiger partial charge is 0.508 e. The smallest absolute Gasteiger partial charge is 0.115 e. The Balaban J connectivity index is 1.47. The molecule has 2 nitrogen and oxygen atoms in total. The fraction of sp³-hybridized carbons (Fsp3) is 0.579. The van der Waals surface area contributed by atoms with Crippen LogP contribution in [-0.4, -0.2) is 10.2 Å². The predicted octanol–water partition coefficient (Wildman–Crippen LogP) is 9.97. The minimum Gasteiger partial charge on any atom is -0.508 e. The molecule has 2 aliphatic carbocycles. The zero-order valence-corrected chi connectivity index (χ0v) is 24.9. The lowest BCUT2D eigenvalue weighted by atomic mass is 9.75. The molecule has 2 fully saturated rings. The minimum absolute atomic E-state index is 0.142. The van der Waals surface area contributed by atoms with Gasteiger partial charge < -0.3 is 10.2 Å². The van der Waals surface area contributed by atoms with E-state index in [2.05, 4.69) is 37.5 Å². The molecule has 2 N–H and O–H groups in total. The molecule has 0 aromatic heterocycles. The van der Waals surface area contributed by atoms with Crippen molar-refractivity contribution in [1.82, 2.24) is 0 Å². The lowest BCUT2D eigenvalue weighted by molar-refractivity contribution is 0.248. The van der Waals surface area contributed by atoms with E-state index in [1.54, 1.807) is 24.3 Å². The van der Waals surface area contributed by atoms with E-state index in [4.69, 9.17) is 0 Å². The van der Waals surface area contributed by atoms with Gasteiger partial charge in [-0.2, -0.15) is 0 Å². The van der Waals surface area contributed by atoms with Gasteiger partial charge in [-0.1, -0.05) is 127 Å². The van der Waals surface area contributed by atoms with Crippen LogP contribution < -0.4 is 0 Å². The highest BCUT2D eigenvalue weighted by molar-refractivity contribution is 5.39. The zero-order chi connectivity index (χ0) is 28.2. The van der Waals surface area contributed by atoms with Crippen LogP contribution >= 0.6 is 0 Å². The highest BCUT2D eigenvalue weighted by Gasteiger charge is 2.25. The average molecular weight is 539 g/mol. The Bertz CT molecular complexity index is 1030. The molecule has 2 aliphatic rings. The summed E-state index contributed by atoms with van der Waals surface area (Å²) in [4.78, 5) is 0. The topological polar surface area (TPSA) is 40.5 Å². The number of hydrogen-bond donors (Lipinski definition) is 2. The first-order valence-electron chi connectivity index (χ1n) is 16.1. The Kier molecular flexibility index (Phi) is 11.9. The number of rotatable bonds is 10. The second-order valence-corrected chi connectivity index (χ2v) is 12.6. The lowest BCUT2D eigenvalue weighted by Crippen LogP contribution is -2.16. The van der Waals surface area contributed by atoms with Gasteiger partial charge >= 0.3 is 0 Å². The summed E-state index contributed by atoms with van der Waals surface area (Å²) in [6.45, 7) is 4.60. The van der Waals surface area contributed by atoms with Gasteiger partial charge in [0.2, 0.25) is 0 Å². The first kappa shape index (κ1) is 30.1. The predicted molar refractivity (Wildman–Crippen MR) is 167 cm³/mol. The molecule has 2 aromatic carbocycles. The van der Waals surface area contributed by atoms with Crippen LogP contribution in [0, 0.1) is 47.4 Å². The van der Waals surface area contributed by atoms with Crippen molar-refractivity contribution in [2.45, 2.75) is 116 Å². The van der Waals surface area contributed by atoms with Crippen molar-refractivity contribution in [3.05, 3.63) is 59.7 Å². The standard InChI is InChI=1S/C38H50O2/c1-3-7-29-11-15-31(16-12-29)27-35(33-19-23-37(39)24-20-33)9-5-6-10-36(34-21-25-38(40)26-22-34)28-32-17-13-30(8-4-2)14-18-32/h19-26,29-32,35-36,39-40H,3-4,7-8,11-18,27-28H2,1-2H3. The Labute approximate surface area is 244 Å². The van der Waals surface area contributed by atoms with E-state index >= 15 is 0 Å². The van der Waals surface area contributed by atoms with Crippen molar-refractivity contribution >= 4 is 0 Å². The summed E-state index contributed by atoms with van der Waals surface area (Å²) in [5, 5.41) is 19.7. The van der Waals surface area contributed by atoms with Gasteiger partial charge in [-0.25, -0.2) is 0 Å². The molecule has 2 heteroatoms. The summed E-state index contributed by atoms with van der Waals surface area (Å²) in [5.41, 5.74) is 2.36. The van der Waals surface area contributed by atoms with Crippen molar-refractivity contribution in [1.29, 1.82) is 0 Å². The van der Waals surface area contributed by atoms with E-state index in [9.17, 15) is 10.2 Å². The monoisotopic (exact) mass is 538 g/mol. The van der Waals surface area contributed by atoms with Crippen molar-refractivity contribution in [3.8, 4) is 35.2 Å². The molecule has 0 radical (unpaired) electrons. The number of phenols is 2. The first-order chi connectivity index (χ1) is 19.5. The molecule has 0 spiro atoms. The van der Waals surface area contributed by atoms with Crippen LogP contribution in [0.15, 0.2) is 48.5 Å². The van der Waals surface area contributed by atoms with Gasteiger partial charge in [0, 0.05) is 11.8 Å². The molecule has 0 amide bonds. The number of phenolic OH excluding ortho intramolecular Hbond substituents is 2. The second kappa shape index (κ2) is 15.8. The summed E-state index contributed by atoms with van der Waals surface area (Å²) in [6.07, 6.45) is 18.1. The third-order valence-corrected chi connectivity index (χ3v) is 9.61. The van der Waals surface area contributed by atoms with Crippen LogP contribution in [0.1, 0.15) is 127 Å².